The Morgan fingerprint density at radius 1 is 1.60 bits per heavy atom. The maximum atomic E-state index is 9.82. The highest BCUT2D eigenvalue weighted by atomic mass is 32.2. The van der Waals surface area contributed by atoms with Gasteiger partial charge in [-0.05, 0) is 12.1 Å². The molecule has 0 spiro atoms. The minimum absolute atomic E-state index is 0.624. The Kier molecular flexibility index (Phi) is 2.76. The molecular weight excluding hydrogens is 148 g/mol. The van der Waals surface area contributed by atoms with Gasteiger partial charge in [0.2, 0.25) is 6.41 Å². The molecule has 1 aromatic heterocycles. The van der Waals surface area contributed by atoms with Crippen LogP contribution in [0.4, 0.5) is 0 Å². The zero-order chi connectivity index (χ0) is 7.23. The molecule has 0 aliphatic rings. The van der Waals surface area contributed by atoms with Crippen LogP contribution in [0, 0.1) is 0 Å². The molecule has 52 valence electrons. The van der Waals surface area contributed by atoms with Crippen molar-refractivity contribution in [2.75, 3.05) is 0 Å². The van der Waals surface area contributed by atoms with Gasteiger partial charge in [0.1, 0.15) is 5.03 Å². The zero-order valence-electron chi connectivity index (χ0n) is 5.15. The molecule has 10 heavy (non-hydrogen) atoms. The van der Waals surface area contributed by atoms with E-state index in [0.29, 0.717) is 6.41 Å². The lowest BCUT2D eigenvalue weighted by Gasteiger charge is -1.93. The van der Waals surface area contributed by atoms with E-state index in [2.05, 4.69) is 9.71 Å². The van der Waals surface area contributed by atoms with Crippen LogP contribution >= 0.6 is 11.9 Å². The molecule has 0 unspecified atom stereocenters. The number of carbonyl (C=O) groups is 1. The van der Waals surface area contributed by atoms with Crippen molar-refractivity contribution in [2.45, 2.75) is 5.03 Å². The Labute approximate surface area is 63.0 Å². The molecule has 0 atom stereocenters. The fourth-order valence-electron chi connectivity index (χ4n) is 0.492. The SMILES string of the molecule is O=CNSc1ccccn1. The third kappa shape index (κ3) is 2.06. The van der Waals surface area contributed by atoms with Crippen molar-refractivity contribution in [3.05, 3.63) is 24.4 Å². The molecule has 0 bridgehead atoms. The number of hydrogen-bond acceptors (Lipinski definition) is 3. The molecule has 1 N–H and O–H groups in total. The monoisotopic (exact) mass is 154 g/mol. The summed E-state index contributed by atoms with van der Waals surface area (Å²) in [5.74, 6) is 0. The summed E-state index contributed by atoms with van der Waals surface area (Å²) in [5, 5.41) is 0.787. The molecule has 3 nitrogen and oxygen atoms in total. The minimum atomic E-state index is 0.624. The molecule has 0 aromatic carbocycles. The third-order valence-corrected chi connectivity index (χ3v) is 1.51. The van der Waals surface area contributed by atoms with E-state index in [9.17, 15) is 4.79 Å². The summed E-state index contributed by atoms with van der Waals surface area (Å²) >= 11 is 1.19. The first-order valence-electron chi connectivity index (χ1n) is 2.70. The maximum Gasteiger partial charge on any atom is 0.217 e. The van der Waals surface area contributed by atoms with E-state index in [1.807, 2.05) is 18.2 Å². The lowest BCUT2D eigenvalue weighted by atomic mass is 10.5. The van der Waals surface area contributed by atoms with Crippen LogP contribution in [0.15, 0.2) is 29.4 Å². The van der Waals surface area contributed by atoms with Gasteiger partial charge < -0.3 is 0 Å². The normalized spacial score (nSPS) is 8.80. The largest absolute Gasteiger partial charge is 0.297 e. The number of pyridine rings is 1. The summed E-state index contributed by atoms with van der Waals surface area (Å²) < 4.78 is 2.44. The van der Waals surface area contributed by atoms with Crippen LogP contribution in [0.1, 0.15) is 0 Å². The van der Waals surface area contributed by atoms with E-state index in [1.165, 1.54) is 11.9 Å². The van der Waals surface area contributed by atoms with Gasteiger partial charge in [-0.2, -0.15) is 0 Å². The van der Waals surface area contributed by atoms with Crippen LogP contribution in [0.25, 0.3) is 0 Å². The first-order valence-corrected chi connectivity index (χ1v) is 3.52. The topological polar surface area (TPSA) is 42.0 Å². The summed E-state index contributed by atoms with van der Waals surface area (Å²) in [6.45, 7) is 0. The van der Waals surface area contributed by atoms with E-state index in [1.54, 1.807) is 6.20 Å². The van der Waals surface area contributed by atoms with Gasteiger partial charge in [0.05, 0.1) is 0 Å². The number of amides is 1. The molecule has 1 rings (SSSR count). The molecule has 4 heteroatoms. The number of nitrogens with zero attached hydrogens (tertiary/aromatic N) is 1. The predicted octanol–water partition coefficient (Wildman–Crippen LogP) is 0.835. The highest BCUT2D eigenvalue weighted by Crippen LogP contribution is 2.07. The van der Waals surface area contributed by atoms with Gasteiger partial charge in [-0.3, -0.25) is 9.52 Å². The van der Waals surface area contributed by atoms with Gasteiger partial charge in [-0.25, -0.2) is 4.98 Å². The third-order valence-electron chi connectivity index (χ3n) is 0.849. The summed E-state index contributed by atoms with van der Waals surface area (Å²) in [6, 6.07) is 5.51. The minimum Gasteiger partial charge on any atom is -0.297 e. The molecule has 0 aliphatic heterocycles. The predicted molar refractivity (Wildman–Crippen MR) is 39.3 cm³/mol. The second-order valence-electron chi connectivity index (χ2n) is 1.51. The second-order valence-corrected chi connectivity index (χ2v) is 2.36. The van der Waals surface area contributed by atoms with Gasteiger partial charge in [0.15, 0.2) is 0 Å². The molecule has 1 heterocycles. The fourth-order valence-corrected chi connectivity index (χ4v) is 0.921. The van der Waals surface area contributed by atoms with Crippen LogP contribution in [-0.4, -0.2) is 11.4 Å². The second kappa shape index (κ2) is 3.90. The van der Waals surface area contributed by atoms with Crippen molar-refractivity contribution < 1.29 is 4.79 Å². The van der Waals surface area contributed by atoms with E-state index in [4.69, 9.17) is 0 Å². The Bertz CT molecular complexity index is 202. The van der Waals surface area contributed by atoms with Crippen LogP contribution in [0.2, 0.25) is 0 Å². The molecule has 0 radical (unpaired) electrons. The first kappa shape index (κ1) is 7.08. The number of carbonyl (C=O) groups excluding carboxylic acids is 1. The van der Waals surface area contributed by atoms with Crippen molar-refractivity contribution in [3.8, 4) is 0 Å². The average Bonchev–Trinajstić information content (AvgIpc) is 2.03. The Hall–Kier alpha value is -1.03. The van der Waals surface area contributed by atoms with Crippen molar-refractivity contribution >= 4 is 18.4 Å². The van der Waals surface area contributed by atoms with Crippen LogP contribution in [0.3, 0.4) is 0 Å². The van der Waals surface area contributed by atoms with Gasteiger partial charge >= 0.3 is 0 Å². The maximum absolute atomic E-state index is 9.82. The van der Waals surface area contributed by atoms with Crippen molar-refractivity contribution in [2.24, 2.45) is 0 Å². The van der Waals surface area contributed by atoms with Crippen LogP contribution in [-0.2, 0) is 4.79 Å². The number of rotatable bonds is 3. The molecule has 0 saturated heterocycles. The number of aromatic nitrogens is 1. The highest BCUT2D eigenvalue weighted by Gasteiger charge is 1.88. The van der Waals surface area contributed by atoms with Gasteiger partial charge in [-0.15, -0.1) is 0 Å². The Balaban J connectivity index is 2.50. The van der Waals surface area contributed by atoms with E-state index in [-0.39, 0.29) is 0 Å². The number of nitrogens with one attached hydrogen (secondary N) is 1. The number of hydrogen-bond donors (Lipinski definition) is 1. The van der Waals surface area contributed by atoms with Gasteiger partial charge in [0, 0.05) is 18.1 Å². The molecule has 0 fully saturated rings. The first-order chi connectivity index (χ1) is 4.93. The molecule has 0 saturated carbocycles. The van der Waals surface area contributed by atoms with Gasteiger partial charge in [-0.1, -0.05) is 6.07 Å². The fraction of sp³-hybridized carbons (Fsp3) is 0. The molecular formula is C6H6N2OS. The molecule has 0 aliphatic carbocycles. The summed E-state index contributed by atoms with van der Waals surface area (Å²) in [7, 11) is 0. The molecule has 1 amide bonds. The standard InChI is InChI=1S/C6H6N2OS/c9-5-8-10-6-3-1-2-4-7-6/h1-5H,(H,8,9). The van der Waals surface area contributed by atoms with E-state index < -0.39 is 0 Å². The Morgan fingerprint density at radius 3 is 3.10 bits per heavy atom. The lowest BCUT2D eigenvalue weighted by Crippen LogP contribution is -1.97. The highest BCUT2D eigenvalue weighted by molar-refractivity contribution is 7.97. The van der Waals surface area contributed by atoms with E-state index >= 15 is 0 Å². The van der Waals surface area contributed by atoms with Crippen LogP contribution in [0.5, 0.6) is 0 Å². The summed E-state index contributed by atoms with van der Waals surface area (Å²) in [5.41, 5.74) is 0. The van der Waals surface area contributed by atoms with E-state index in [0.717, 1.165) is 5.03 Å². The van der Waals surface area contributed by atoms with Crippen molar-refractivity contribution in [3.63, 3.8) is 0 Å². The van der Waals surface area contributed by atoms with Crippen LogP contribution < -0.4 is 4.72 Å². The lowest BCUT2D eigenvalue weighted by molar-refractivity contribution is -0.107. The quantitative estimate of drug-likeness (QED) is 0.518. The zero-order valence-corrected chi connectivity index (χ0v) is 5.97. The molecule has 1 aromatic rings. The van der Waals surface area contributed by atoms with Gasteiger partial charge in [0.25, 0.3) is 0 Å². The van der Waals surface area contributed by atoms with Crippen molar-refractivity contribution in [1.82, 2.24) is 9.71 Å². The summed E-state index contributed by atoms with van der Waals surface area (Å²) in [6.07, 6.45) is 2.30. The van der Waals surface area contributed by atoms with Crippen molar-refractivity contribution in [1.29, 1.82) is 0 Å². The smallest absolute Gasteiger partial charge is 0.217 e. The Morgan fingerprint density at radius 2 is 2.50 bits per heavy atom. The average molecular weight is 154 g/mol. The summed E-state index contributed by atoms with van der Waals surface area (Å²) in [4.78, 5) is 13.8.